The van der Waals surface area contributed by atoms with Crippen LogP contribution < -0.4 is 9.80 Å². The minimum absolute atomic E-state index is 0.301. The van der Waals surface area contributed by atoms with Crippen LogP contribution in [-0.2, 0) is 0 Å². The van der Waals surface area contributed by atoms with Crippen molar-refractivity contribution in [2.24, 2.45) is 5.92 Å². The molecular formula is C15H28N6. The average molecular weight is 292 g/mol. The summed E-state index contributed by atoms with van der Waals surface area (Å²) in [6.45, 7) is 8.50. The minimum atomic E-state index is 0.301. The summed E-state index contributed by atoms with van der Waals surface area (Å²) in [5.41, 5.74) is 0. The number of anilines is 2. The number of hydrogen-bond donors (Lipinski definition) is 0. The number of aromatic nitrogens is 3. The van der Waals surface area contributed by atoms with Gasteiger partial charge in [0.05, 0.1) is 0 Å². The van der Waals surface area contributed by atoms with E-state index in [0.717, 1.165) is 30.8 Å². The second-order valence-electron chi connectivity index (χ2n) is 6.76. The van der Waals surface area contributed by atoms with Crippen LogP contribution in [0.5, 0.6) is 0 Å². The van der Waals surface area contributed by atoms with Gasteiger partial charge in [-0.3, -0.25) is 0 Å². The zero-order valence-electron chi connectivity index (χ0n) is 14.3. The first kappa shape index (κ1) is 15.9. The van der Waals surface area contributed by atoms with Crippen LogP contribution in [0.15, 0.2) is 0 Å². The fourth-order valence-electron chi connectivity index (χ4n) is 2.75. The van der Waals surface area contributed by atoms with Crippen molar-refractivity contribution in [2.75, 3.05) is 51.1 Å². The standard InChI is InChI=1S/C15H28N6/c1-10(2)13-16-14(20(6)7)18-15(17-13)21-8-11(3)12(9-21)19(4)5/h10-12H,8-9H2,1-7H3. The van der Waals surface area contributed by atoms with Crippen molar-refractivity contribution in [2.45, 2.75) is 32.7 Å². The first-order valence-corrected chi connectivity index (χ1v) is 7.64. The van der Waals surface area contributed by atoms with Crippen LogP contribution in [0.1, 0.15) is 32.5 Å². The summed E-state index contributed by atoms with van der Waals surface area (Å²) in [6, 6.07) is 0.548. The first-order valence-electron chi connectivity index (χ1n) is 7.64. The normalized spacial score (nSPS) is 22.4. The molecule has 0 radical (unpaired) electrons. The third-order valence-electron chi connectivity index (χ3n) is 4.06. The Morgan fingerprint density at radius 2 is 1.71 bits per heavy atom. The van der Waals surface area contributed by atoms with Gasteiger partial charge < -0.3 is 14.7 Å². The molecule has 2 unspecified atom stereocenters. The number of nitrogens with zero attached hydrogens (tertiary/aromatic N) is 6. The van der Waals surface area contributed by atoms with Gasteiger partial charge in [-0.2, -0.15) is 15.0 Å². The number of likely N-dealkylation sites (N-methyl/N-ethyl adjacent to an activating group) is 1. The molecule has 0 N–H and O–H groups in total. The molecule has 1 aromatic heterocycles. The smallest absolute Gasteiger partial charge is 0.230 e. The van der Waals surface area contributed by atoms with Gasteiger partial charge in [-0.15, -0.1) is 0 Å². The number of rotatable bonds is 4. The Morgan fingerprint density at radius 3 is 2.19 bits per heavy atom. The summed E-state index contributed by atoms with van der Waals surface area (Å²) >= 11 is 0. The van der Waals surface area contributed by atoms with Gasteiger partial charge in [0.2, 0.25) is 11.9 Å². The Labute approximate surface area is 128 Å². The highest BCUT2D eigenvalue weighted by Crippen LogP contribution is 2.25. The van der Waals surface area contributed by atoms with Crippen molar-refractivity contribution < 1.29 is 0 Å². The van der Waals surface area contributed by atoms with Gasteiger partial charge in [-0.1, -0.05) is 20.8 Å². The molecule has 1 aliphatic heterocycles. The Morgan fingerprint density at radius 1 is 1.05 bits per heavy atom. The highest BCUT2D eigenvalue weighted by molar-refractivity contribution is 5.40. The molecule has 2 heterocycles. The van der Waals surface area contributed by atoms with Crippen LogP contribution in [0.3, 0.4) is 0 Å². The average Bonchev–Trinajstić information content (AvgIpc) is 2.80. The monoisotopic (exact) mass is 292 g/mol. The van der Waals surface area contributed by atoms with Crippen LogP contribution in [0.4, 0.5) is 11.9 Å². The van der Waals surface area contributed by atoms with Gasteiger partial charge in [0.1, 0.15) is 5.82 Å². The Hall–Kier alpha value is -1.43. The van der Waals surface area contributed by atoms with E-state index in [1.54, 1.807) is 0 Å². The molecule has 1 aliphatic rings. The summed E-state index contributed by atoms with van der Waals surface area (Å²) in [4.78, 5) is 20.4. The van der Waals surface area contributed by atoms with Crippen molar-refractivity contribution >= 4 is 11.9 Å². The van der Waals surface area contributed by atoms with E-state index in [1.807, 2.05) is 19.0 Å². The molecule has 21 heavy (non-hydrogen) atoms. The van der Waals surface area contributed by atoms with Gasteiger partial charge in [0.25, 0.3) is 0 Å². The van der Waals surface area contributed by atoms with Crippen molar-refractivity contribution in [1.82, 2.24) is 19.9 Å². The van der Waals surface area contributed by atoms with Gasteiger partial charge in [0, 0.05) is 39.1 Å². The van der Waals surface area contributed by atoms with E-state index in [1.165, 1.54) is 0 Å². The molecule has 118 valence electrons. The van der Waals surface area contributed by atoms with Crippen LogP contribution >= 0.6 is 0 Å². The van der Waals surface area contributed by atoms with Gasteiger partial charge >= 0.3 is 0 Å². The summed E-state index contributed by atoms with van der Waals surface area (Å²) in [5.74, 6) is 3.33. The molecule has 0 bridgehead atoms. The van der Waals surface area contributed by atoms with Crippen LogP contribution in [0.2, 0.25) is 0 Å². The molecule has 2 rings (SSSR count). The minimum Gasteiger partial charge on any atom is -0.347 e. The Bertz CT molecular complexity index is 459. The van der Waals surface area contributed by atoms with Crippen LogP contribution in [-0.4, -0.2) is 67.2 Å². The topological polar surface area (TPSA) is 48.4 Å². The largest absolute Gasteiger partial charge is 0.347 e. The lowest BCUT2D eigenvalue weighted by atomic mass is 10.1. The first-order chi connectivity index (χ1) is 9.79. The molecule has 2 atom stereocenters. The third-order valence-corrected chi connectivity index (χ3v) is 4.06. The van der Waals surface area contributed by atoms with Crippen molar-refractivity contribution in [3.63, 3.8) is 0 Å². The fraction of sp³-hybridized carbons (Fsp3) is 0.800. The van der Waals surface area contributed by atoms with E-state index in [0.29, 0.717) is 17.9 Å². The van der Waals surface area contributed by atoms with E-state index < -0.39 is 0 Å². The summed E-state index contributed by atoms with van der Waals surface area (Å²) < 4.78 is 0. The lowest BCUT2D eigenvalue weighted by Gasteiger charge is -2.23. The van der Waals surface area contributed by atoms with Crippen molar-refractivity contribution in [3.05, 3.63) is 5.82 Å². The molecule has 0 aliphatic carbocycles. The molecular weight excluding hydrogens is 264 g/mol. The third kappa shape index (κ3) is 3.43. The summed E-state index contributed by atoms with van der Waals surface area (Å²) in [7, 11) is 8.22. The van der Waals surface area contributed by atoms with Gasteiger partial charge in [-0.25, -0.2) is 0 Å². The van der Waals surface area contributed by atoms with Gasteiger partial charge in [-0.05, 0) is 20.0 Å². The van der Waals surface area contributed by atoms with Crippen molar-refractivity contribution in [3.8, 4) is 0 Å². The lowest BCUT2D eigenvalue weighted by molar-refractivity contribution is 0.266. The molecule has 6 heteroatoms. The molecule has 0 spiro atoms. The maximum absolute atomic E-state index is 4.68. The van der Waals surface area contributed by atoms with Crippen LogP contribution in [0, 0.1) is 5.92 Å². The van der Waals surface area contributed by atoms with E-state index in [-0.39, 0.29) is 0 Å². The SMILES string of the molecule is CC(C)c1nc(N(C)C)nc(N2CC(C)C(N(C)C)C2)n1. The molecule has 6 nitrogen and oxygen atoms in total. The molecule has 0 amide bonds. The predicted octanol–water partition coefficient (Wildman–Crippen LogP) is 1.45. The van der Waals surface area contributed by atoms with E-state index in [2.05, 4.69) is 59.6 Å². The van der Waals surface area contributed by atoms with E-state index in [4.69, 9.17) is 0 Å². The summed E-state index contributed by atoms with van der Waals surface area (Å²) in [5, 5.41) is 0. The Balaban J connectivity index is 2.31. The quantitative estimate of drug-likeness (QED) is 0.837. The molecule has 1 saturated heterocycles. The highest BCUT2D eigenvalue weighted by Gasteiger charge is 2.33. The second kappa shape index (κ2) is 6.13. The maximum Gasteiger partial charge on any atom is 0.230 e. The summed E-state index contributed by atoms with van der Waals surface area (Å²) in [6.07, 6.45) is 0. The van der Waals surface area contributed by atoms with E-state index >= 15 is 0 Å². The fourth-order valence-corrected chi connectivity index (χ4v) is 2.75. The molecule has 0 aromatic carbocycles. The predicted molar refractivity (Wildman–Crippen MR) is 87.1 cm³/mol. The zero-order chi connectivity index (χ0) is 15.7. The van der Waals surface area contributed by atoms with E-state index in [9.17, 15) is 0 Å². The second-order valence-corrected chi connectivity index (χ2v) is 6.76. The molecule has 1 fully saturated rings. The van der Waals surface area contributed by atoms with Crippen LogP contribution in [0.25, 0.3) is 0 Å². The Kier molecular flexibility index (Phi) is 4.66. The van der Waals surface area contributed by atoms with Crippen molar-refractivity contribution in [1.29, 1.82) is 0 Å². The molecule has 0 saturated carbocycles. The number of hydrogen-bond acceptors (Lipinski definition) is 6. The molecule has 1 aromatic rings. The maximum atomic E-state index is 4.68. The highest BCUT2D eigenvalue weighted by atomic mass is 15.4. The lowest BCUT2D eigenvalue weighted by Crippen LogP contribution is -2.34. The van der Waals surface area contributed by atoms with Gasteiger partial charge in [0.15, 0.2) is 0 Å². The zero-order valence-corrected chi connectivity index (χ0v) is 14.3.